The topological polar surface area (TPSA) is 98.2 Å². The molecule has 1 heterocycles. The number of aromatic nitrogens is 3. The van der Waals surface area contributed by atoms with Gasteiger partial charge in [-0.05, 0) is 36.8 Å². The van der Waals surface area contributed by atoms with Crippen LogP contribution in [0.1, 0.15) is 12.5 Å². The molecule has 0 fully saturated rings. The Balaban J connectivity index is 1.40. The number of amides is 1. The Morgan fingerprint density at radius 1 is 1.10 bits per heavy atom. The Kier molecular flexibility index (Phi) is 7.96. The monoisotopic (exact) mass is 428 g/mol. The number of thioether (sulfide) groups is 1. The lowest BCUT2D eigenvalue weighted by atomic mass is 10.2. The molecule has 0 atom stereocenters. The van der Waals surface area contributed by atoms with Gasteiger partial charge in [0.25, 0.3) is 0 Å². The highest BCUT2D eigenvalue weighted by molar-refractivity contribution is 7.99. The van der Waals surface area contributed by atoms with Gasteiger partial charge in [0, 0.05) is 0 Å². The predicted octanol–water partition coefficient (Wildman–Crippen LogP) is 2.31. The van der Waals surface area contributed by atoms with Crippen LogP contribution in [0.3, 0.4) is 0 Å². The first-order valence-corrected chi connectivity index (χ1v) is 10.6. The third-order valence-electron chi connectivity index (χ3n) is 4.07. The van der Waals surface area contributed by atoms with Crippen molar-refractivity contribution >= 4 is 17.7 Å². The van der Waals surface area contributed by atoms with Gasteiger partial charge in [-0.2, -0.15) is 0 Å². The molecular formula is C21H24N4O4S. The fourth-order valence-electron chi connectivity index (χ4n) is 2.66. The van der Waals surface area contributed by atoms with Crippen LogP contribution < -0.4 is 20.5 Å². The number of ether oxygens (including phenoxy) is 2. The van der Waals surface area contributed by atoms with Gasteiger partial charge < -0.3 is 14.8 Å². The third-order valence-corrected chi connectivity index (χ3v) is 5.04. The Labute approximate surface area is 178 Å². The molecule has 3 aromatic rings. The van der Waals surface area contributed by atoms with Crippen LogP contribution in [0.5, 0.6) is 11.5 Å². The van der Waals surface area contributed by atoms with Gasteiger partial charge in [-0.15, -0.1) is 5.10 Å². The fraction of sp³-hybridized carbons (Fsp3) is 0.286. The molecule has 0 radical (unpaired) electrons. The van der Waals surface area contributed by atoms with Crippen LogP contribution in [0, 0.1) is 0 Å². The molecule has 0 saturated heterocycles. The van der Waals surface area contributed by atoms with Crippen molar-refractivity contribution in [3.05, 3.63) is 70.6 Å². The van der Waals surface area contributed by atoms with Crippen LogP contribution in [0.2, 0.25) is 0 Å². The lowest BCUT2D eigenvalue weighted by Gasteiger charge is -2.09. The Bertz CT molecular complexity index is 986. The second-order valence-electron chi connectivity index (χ2n) is 6.27. The van der Waals surface area contributed by atoms with Crippen molar-refractivity contribution in [3.8, 4) is 11.5 Å². The SMILES string of the molecule is CCOc1ccc(OCCNC(=O)CSc2n[nH]c(=O)n2Cc2ccccc2)cc1. The Hall–Kier alpha value is -3.20. The molecule has 0 spiro atoms. The summed E-state index contributed by atoms with van der Waals surface area (Å²) in [6.45, 7) is 3.68. The van der Waals surface area contributed by atoms with E-state index in [-0.39, 0.29) is 17.3 Å². The highest BCUT2D eigenvalue weighted by Gasteiger charge is 2.11. The molecule has 1 aromatic heterocycles. The zero-order valence-electron chi connectivity index (χ0n) is 16.7. The zero-order valence-corrected chi connectivity index (χ0v) is 17.5. The maximum absolute atomic E-state index is 12.1. The fourth-order valence-corrected chi connectivity index (χ4v) is 3.43. The van der Waals surface area contributed by atoms with Gasteiger partial charge in [-0.1, -0.05) is 42.1 Å². The highest BCUT2D eigenvalue weighted by Crippen LogP contribution is 2.17. The summed E-state index contributed by atoms with van der Waals surface area (Å²) in [5, 5.41) is 9.73. The van der Waals surface area contributed by atoms with Crippen molar-refractivity contribution < 1.29 is 14.3 Å². The lowest BCUT2D eigenvalue weighted by Crippen LogP contribution is -2.29. The number of aromatic amines is 1. The van der Waals surface area contributed by atoms with Crippen molar-refractivity contribution in [2.45, 2.75) is 18.6 Å². The summed E-state index contributed by atoms with van der Waals surface area (Å²) in [6.07, 6.45) is 0. The largest absolute Gasteiger partial charge is 0.494 e. The van der Waals surface area contributed by atoms with Crippen molar-refractivity contribution in [3.63, 3.8) is 0 Å². The van der Waals surface area contributed by atoms with Crippen LogP contribution >= 0.6 is 11.8 Å². The normalized spacial score (nSPS) is 10.6. The van der Waals surface area contributed by atoms with Crippen LogP contribution in [0.25, 0.3) is 0 Å². The summed E-state index contributed by atoms with van der Waals surface area (Å²) in [5.41, 5.74) is 0.684. The zero-order chi connectivity index (χ0) is 21.2. The molecule has 0 bridgehead atoms. The molecular weight excluding hydrogens is 404 g/mol. The molecule has 8 nitrogen and oxygen atoms in total. The number of carbonyl (C=O) groups excluding carboxylic acids is 1. The maximum atomic E-state index is 12.1. The molecule has 0 unspecified atom stereocenters. The number of nitrogens with zero attached hydrogens (tertiary/aromatic N) is 2. The Morgan fingerprint density at radius 3 is 2.50 bits per heavy atom. The molecule has 2 N–H and O–H groups in total. The van der Waals surface area contributed by atoms with E-state index in [1.165, 1.54) is 16.3 Å². The molecule has 0 saturated carbocycles. The van der Waals surface area contributed by atoms with Gasteiger partial charge in [-0.25, -0.2) is 9.89 Å². The average Bonchev–Trinajstić information content (AvgIpc) is 3.11. The second kappa shape index (κ2) is 11.1. The first-order valence-electron chi connectivity index (χ1n) is 9.60. The molecule has 0 aliphatic heterocycles. The van der Waals surface area contributed by atoms with Gasteiger partial charge in [-0.3, -0.25) is 9.36 Å². The van der Waals surface area contributed by atoms with Crippen molar-refractivity contribution in [2.75, 3.05) is 25.5 Å². The van der Waals surface area contributed by atoms with Crippen molar-refractivity contribution in [2.24, 2.45) is 0 Å². The average molecular weight is 429 g/mol. The van der Waals surface area contributed by atoms with E-state index in [1.807, 2.05) is 61.5 Å². The standard InChI is InChI=1S/C21H24N4O4S/c1-2-28-17-8-10-18(11-9-17)29-13-12-22-19(26)15-30-21-24-23-20(27)25(21)14-16-6-4-3-5-7-16/h3-11H,2,12-15H2,1H3,(H,22,26)(H,23,27). The Morgan fingerprint density at radius 2 is 1.80 bits per heavy atom. The number of hydrogen-bond donors (Lipinski definition) is 2. The smallest absolute Gasteiger partial charge is 0.344 e. The van der Waals surface area contributed by atoms with Crippen LogP contribution in [0.4, 0.5) is 0 Å². The summed E-state index contributed by atoms with van der Waals surface area (Å²) in [4.78, 5) is 24.1. The molecule has 158 valence electrons. The van der Waals surface area contributed by atoms with Gasteiger partial charge >= 0.3 is 5.69 Å². The highest BCUT2D eigenvalue weighted by atomic mass is 32.2. The van der Waals surface area contributed by atoms with E-state index in [9.17, 15) is 9.59 Å². The van der Waals surface area contributed by atoms with E-state index in [0.29, 0.717) is 37.2 Å². The van der Waals surface area contributed by atoms with Gasteiger partial charge in [0.1, 0.15) is 18.1 Å². The predicted molar refractivity (Wildman–Crippen MR) is 115 cm³/mol. The summed E-state index contributed by atoms with van der Waals surface area (Å²) >= 11 is 1.21. The van der Waals surface area contributed by atoms with Crippen LogP contribution in [-0.4, -0.2) is 46.2 Å². The minimum atomic E-state index is -0.300. The molecule has 0 aliphatic carbocycles. The lowest BCUT2D eigenvalue weighted by molar-refractivity contribution is -0.118. The quantitative estimate of drug-likeness (QED) is 0.359. The second-order valence-corrected chi connectivity index (χ2v) is 7.22. The van der Waals surface area contributed by atoms with E-state index in [2.05, 4.69) is 15.5 Å². The molecule has 2 aromatic carbocycles. The van der Waals surface area contributed by atoms with Crippen molar-refractivity contribution in [1.82, 2.24) is 20.1 Å². The number of carbonyl (C=O) groups is 1. The minimum absolute atomic E-state index is 0.155. The minimum Gasteiger partial charge on any atom is -0.494 e. The van der Waals surface area contributed by atoms with E-state index in [1.54, 1.807) is 0 Å². The summed E-state index contributed by atoms with van der Waals surface area (Å²) in [7, 11) is 0. The van der Waals surface area contributed by atoms with Gasteiger partial charge in [0.05, 0.1) is 25.4 Å². The van der Waals surface area contributed by atoms with Crippen molar-refractivity contribution in [1.29, 1.82) is 0 Å². The maximum Gasteiger partial charge on any atom is 0.344 e. The molecule has 9 heteroatoms. The summed E-state index contributed by atoms with van der Waals surface area (Å²) in [6, 6.07) is 16.9. The van der Waals surface area contributed by atoms with Crippen LogP contribution in [-0.2, 0) is 11.3 Å². The van der Waals surface area contributed by atoms with E-state index in [0.717, 1.165) is 11.3 Å². The van der Waals surface area contributed by atoms with Crippen LogP contribution in [0.15, 0.2) is 64.5 Å². The first kappa shape index (κ1) is 21.5. The number of rotatable bonds is 11. The summed E-state index contributed by atoms with van der Waals surface area (Å²) < 4.78 is 12.5. The number of H-pyrrole nitrogens is 1. The summed E-state index contributed by atoms with van der Waals surface area (Å²) in [5.74, 6) is 1.50. The number of nitrogens with one attached hydrogen (secondary N) is 2. The third kappa shape index (κ3) is 6.41. The molecule has 0 aliphatic rings. The molecule has 1 amide bonds. The van der Waals surface area contributed by atoms with E-state index < -0.39 is 0 Å². The molecule has 30 heavy (non-hydrogen) atoms. The first-order chi connectivity index (χ1) is 14.7. The number of benzene rings is 2. The van der Waals surface area contributed by atoms with E-state index in [4.69, 9.17) is 9.47 Å². The number of hydrogen-bond acceptors (Lipinski definition) is 6. The van der Waals surface area contributed by atoms with Gasteiger partial charge in [0.2, 0.25) is 5.91 Å². The van der Waals surface area contributed by atoms with E-state index >= 15 is 0 Å². The molecule has 3 rings (SSSR count). The van der Waals surface area contributed by atoms with Gasteiger partial charge in [0.15, 0.2) is 5.16 Å².